The highest BCUT2D eigenvalue weighted by Crippen LogP contribution is 2.22. The Bertz CT molecular complexity index is 1010. The van der Waals surface area contributed by atoms with Crippen LogP contribution in [0, 0.1) is 0 Å². The lowest BCUT2D eigenvalue weighted by atomic mass is 10.2. The Hall–Kier alpha value is -2.42. The lowest BCUT2D eigenvalue weighted by Gasteiger charge is -2.22. The van der Waals surface area contributed by atoms with Gasteiger partial charge in [-0.1, -0.05) is 6.07 Å². The molecule has 2 aromatic rings. The highest BCUT2D eigenvalue weighted by Gasteiger charge is 2.35. The molecule has 2 aliphatic heterocycles. The molecule has 2 fully saturated rings. The van der Waals surface area contributed by atoms with Crippen molar-refractivity contribution in [2.24, 2.45) is 0 Å². The molecule has 9 heteroatoms. The van der Waals surface area contributed by atoms with Gasteiger partial charge >= 0.3 is 0 Å². The number of sulfone groups is 1. The van der Waals surface area contributed by atoms with Gasteiger partial charge in [-0.25, -0.2) is 13.4 Å². The monoisotopic (exact) mass is 390 g/mol. The molecule has 8 nitrogen and oxygen atoms in total. The lowest BCUT2D eigenvalue weighted by Crippen LogP contribution is -2.38. The molecule has 0 N–H and O–H groups in total. The summed E-state index contributed by atoms with van der Waals surface area (Å²) in [4.78, 5) is 33.5. The van der Waals surface area contributed by atoms with E-state index in [0.29, 0.717) is 25.0 Å². The van der Waals surface area contributed by atoms with Gasteiger partial charge in [-0.3, -0.25) is 14.0 Å². The number of hydrogen-bond donors (Lipinski definition) is 0. The zero-order chi connectivity index (χ0) is 19.2. The summed E-state index contributed by atoms with van der Waals surface area (Å²) in [5.41, 5.74) is 0.739. The Morgan fingerprint density at radius 1 is 1.22 bits per heavy atom. The first-order valence-electron chi connectivity index (χ1n) is 9.11. The second kappa shape index (κ2) is 6.63. The van der Waals surface area contributed by atoms with Crippen LogP contribution >= 0.6 is 0 Å². The Balaban J connectivity index is 1.69. The topological polar surface area (TPSA) is 92.1 Å². The van der Waals surface area contributed by atoms with Crippen LogP contribution in [0.3, 0.4) is 0 Å². The highest BCUT2D eigenvalue weighted by atomic mass is 32.2. The summed E-state index contributed by atoms with van der Waals surface area (Å²) in [7, 11) is -1.50. The summed E-state index contributed by atoms with van der Waals surface area (Å²) in [6, 6.07) is 4.97. The van der Waals surface area contributed by atoms with Gasteiger partial charge in [-0.2, -0.15) is 0 Å². The Morgan fingerprint density at radius 3 is 2.63 bits per heavy atom. The molecule has 0 aromatic carbocycles. The van der Waals surface area contributed by atoms with Crippen LogP contribution in [0.5, 0.6) is 0 Å². The Kier molecular flexibility index (Phi) is 4.41. The van der Waals surface area contributed by atoms with Gasteiger partial charge in [-0.05, 0) is 31.4 Å². The number of carbonyl (C=O) groups is 2. The molecule has 1 unspecified atom stereocenters. The van der Waals surface area contributed by atoms with Crippen molar-refractivity contribution in [2.45, 2.75) is 25.3 Å². The van der Waals surface area contributed by atoms with E-state index in [4.69, 9.17) is 0 Å². The minimum Gasteiger partial charge on any atom is -0.336 e. The summed E-state index contributed by atoms with van der Waals surface area (Å²) in [6.45, 7) is 1.40. The molecule has 2 aromatic heterocycles. The van der Waals surface area contributed by atoms with Crippen molar-refractivity contribution < 1.29 is 18.0 Å². The molecule has 0 spiro atoms. The summed E-state index contributed by atoms with van der Waals surface area (Å²) in [5.74, 6) is -0.248. The largest absolute Gasteiger partial charge is 0.336 e. The van der Waals surface area contributed by atoms with Crippen molar-refractivity contribution in [3.63, 3.8) is 0 Å². The third-order valence-electron chi connectivity index (χ3n) is 5.41. The van der Waals surface area contributed by atoms with Crippen LogP contribution in [-0.2, 0) is 9.84 Å². The molecule has 0 saturated carbocycles. The third kappa shape index (κ3) is 3.20. The molecule has 2 saturated heterocycles. The molecule has 2 amide bonds. The van der Waals surface area contributed by atoms with Crippen LogP contribution < -0.4 is 0 Å². The average Bonchev–Trinajstić information content (AvgIpc) is 3.38. The maximum absolute atomic E-state index is 13.0. The predicted octanol–water partition coefficient (Wildman–Crippen LogP) is 0.829. The number of fused-ring (bicyclic) bond motifs is 1. The smallest absolute Gasteiger partial charge is 0.290 e. The van der Waals surface area contributed by atoms with E-state index >= 15 is 0 Å². The average molecular weight is 390 g/mol. The van der Waals surface area contributed by atoms with E-state index in [9.17, 15) is 18.0 Å². The first-order valence-corrected chi connectivity index (χ1v) is 10.9. The van der Waals surface area contributed by atoms with Gasteiger partial charge in [0.25, 0.3) is 11.8 Å². The maximum Gasteiger partial charge on any atom is 0.290 e. The van der Waals surface area contributed by atoms with E-state index in [1.165, 1.54) is 4.90 Å². The minimum atomic E-state index is -3.10. The minimum absolute atomic E-state index is 0.0272. The molecule has 0 radical (unpaired) electrons. The summed E-state index contributed by atoms with van der Waals surface area (Å²) < 4.78 is 25.1. The van der Waals surface area contributed by atoms with Gasteiger partial charge in [-0.15, -0.1) is 0 Å². The van der Waals surface area contributed by atoms with Gasteiger partial charge in [0.05, 0.1) is 17.0 Å². The van der Waals surface area contributed by atoms with E-state index < -0.39 is 9.84 Å². The summed E-state index contributed by atoms with van der Waals surface area (Å²) in [5, 5.41) is 0. The SMILES string of the molecule is CN(C(=O)c1nc(C(=O)N2CCCC2)n2ccccc12)C1CCS(=O)(=O)C1. The maximum atomic E-state index is 13.0. The molecule has 4 rings (SSSR count). The van der Waals surface area contributed by atoms with Crippen LogP contribution in [0.25, 0.3) is 5.52 Å². The fourth-order valence-corrected chi connectivity index (χ4v) is 5.60. The number of pyridine rings is 1. The van der Waals surface area contributed by atoms with Crippen molar-refractivity contribution in [3.8, 4) is 0 Å². The molecule has 27 heavy (non-hydrogen) atoms. The molecule has 0 aliphatic carbocycles. The normalized spacial score (nSPS) is 21.7. The standard InChI is InChI=1S/C18H22N4O4S/c1-20(13-7-11-27(25,26)12-13)17(23)15-14-6-2-3-10-22(14)16(19-15)18(24)21-8-4-5-9-21/h2-3,6,10,13H,4-5,7-9,11-12H2,1H3. The van der Waals surface area contributed by atoms with E-state index in [1.54, 1.807) is 40.7 Å². The summed E-state index contributed by atoms with van der Waals surface area (Å²) >= 11 is 0. The van der Waals surface area contributed by atoms with Crippen molar-refractivity contribution in [1.29, 1.82) is 0 Å². The van der Waals surface area contributed by atoms with E-state index in [2.05, 4.69) is 4.98 Å². The quantitative estimate of drug-likeness (QED) is 0.774. The van der Waals surface area contributed by atoms with Gasteiger partial charge in [0.2, 0.25) is 5.82 Å². The lowest BCUT2D eigenvalue weighted by molar-refractivity contribution is 0.0744. The number of aromatic nitrogens is 2. The van der Waals surface area contributed by atoms with Crippen molar-refractivity contribution >= 4 is 27.2 Å². The number of likely N-dealkylation sites (tertiary alicyclic amines) is 1. The second-order valence-corrected chi connectivity index (χ2v) is 9.44. The summed E-state index contributed by atoms with van der Waals surface area (Å²) in [6.07, 6.45) is 4.10. The zero-order valence-electron chi connectivity index (χ0n) is 15.2. The molecular weight excluding hydrogens is 368 g/mol. The van der Waals surface area contributed by atoms with Crippen LogP contribution in [0.4, 0.5) is 0 Å². The van der Waals surface area contributed by atoms with Crippen LogP contribution in [0.1, 0.15) is 40.4 Å². The fraction of sp³-hybridized carbons (Fsp3) is 0.500. The van der Waals surface area contributed by atoms with Crippen LogP contribution in [-0.4, -0.2) is 77.1 Å². The number of hydrogen-bond acceptors (Lipinski definition) is 5. The number of carbonyl (C=O) groups excluding carboxylic acids is 2. The van der Waals surface area contributed by atoms with Crippen molar-refractivity contribution in [1.82, 2.24) is 19.2 Å². The van der Waals surface area contributed by atoms with Crippen molar-refractivity contribution in [3.05, 3.63) is 35.9 Å². The van der Waals surface area contributed by atoms with Crippen LogP contribution in [0.15, 0.2) is 24.4 Å². The first-order chi connectivity index (χ1) is 12.9. The molecule has 2 aliphatic rings. The van der Waals surface area contributed by atoms with Gasteiger partial charge in [0, 0.05) is 32.4 Å². The Labute approximate surface area is 157 Å². The Morgan fingerprint density at radius 2 is 1.96 bits per heavy atom. The third-order valence-corrected chi connectivity index (χ3v) is 7.16. The molecule has 1 atom stereocenters. The molecular formula is C18H22N4O4S. The van der Waals surface area contributed by atoms with E-state index in [1.807, 2.05) is 0 Å². The molecule has 144 valence electrons. The number of nitrogens with zero attached hydrogens (tertiary/aromatic N) is 4. The molecule has 4 heterocycles. The van der Waals surface area contributed by atoms with E-state index in [-0.39, 0.29) is 40.9 Å². The number of rotatable bonds is 3. The second-order valence-electron chi connectivity index (χ2n) is 7.21. The highest BCUT2D eigenvalue weighted by molar-refractivity contribution is 7.91. The van der Waals surface area contributed by atoms with Gasteiger partial charge in [0.15, 0.2) is 15.5 Å². The van der Waals surface area contributed by atoms with Gasteiger partial charge < -0.3 is 9.80 Å². The number of imidazole rings is 1. The fourth-order valence-electron chi connectivity index (χ4n) is 3.82. The van der Waals surface area contributed by atoms with Gasteiger partial charge in [0.1, 0.15) is 0 Å². The van der Waals surface area contributed by atoms with E-state index in [0.717, 1.165) is 12.8 Å². The molecule has 0 bridgehead atoms. The predicted molar refractivity (Wildman–Crippen MR) is 99.5 cm³/mol. The first kappa shape index (κ1) is 18.0. The van der Waals surface area contributed by atoms with Crippen LogP contribution in [0.2, 0.25) is 0 Å². The number of amides is 2. The van der Waals surface area contributed by atoms with Crippen molar-refractivity contribution in [2.75, 3.05) is 31.6 Å². The zero-order valence-corrected chi connectivity index (χ0v) is 16.0.